The minimum atomic E-state index is -0.820. The van der Waals surface area contributed by atoms with Gasteiger partial charge in [-0.05, 0) is 42.2 Å². The zero-order valence-corrected chi connectivity index (χ0v) is 13.6. The zero-order chi connectivity index (χ0) is 17.7. The molecule has 0 bridgehead atoms. The molecule has 0 saturated heterocycles. The number of hydrogen-bond donors (Lipinski definition) is 0. The van der Waals surface area contributed by atoms with Crippen LogP contribution >= 0.6 is 0 Å². The molecule has 0 saturated carbocycles. The average Bonchev–Trinajstić information content (AvgIpc) is 2.58. The lowest BCUT2D eigenvalue weighted by atomic mass is 9.93. The van der Waals surface area contributed by atoms with Crippen molar-refractivity contribution >= 4 is 12.6 Å². The first-order valence-corrected chi connectivity index (χ1v) is 7.76. The summed E-state index contributed by atoms with van der Waals surface area (Å²) in [5.74, 6) is -1.51. The molecule has 0 heterocycles. The van der Waals surface area contributed by atoms with E-state index < -0.39 is 11.6 Å². The van der Waals surface area contributed by atoms with Crippen LogP contribution in [0, 0.1) is 11.6 Å². The molecule has 2 aromatic rings. The van der Waals surface area contributed by atoms with E-state index in [2.05, 4.69) is 0 Å². The van der Waals surface area contributed by atoms with Crippen LogP contribution in [0.2, 0.25) is 0 Å². The molecule has 0 unspecified atom stereocenters. The van der Waals surface area contributed by atoms with Gasteiger partial charge in [-0.1, -0.05) is 25.5 Å². The Morgan fingerprint density at radius 3 is 2.04 bits per heavy atom. The van der Waals surface area contributed by atoms with Crippen molar-refractivity contribution in [1.82, 2.24) is 0 Å². The van der Waals surface area contributed by atoms with Crippen molar-refractivity contribution in [2.24, 2.45) is 0 Å². The molecule has 0 fully saturated rings. The number of rotatable bonds is 7. The van der Waals surface area contributed by atoms with Crippen LogP contribution in [0.3, 0.4) is 0 Å². The van der Waals surface area contributed by atoms with Crippen LogP contribution in [0.4, 0.5) is 8.78 Å². The molecule has 5 heteroatoms. The van der Waals surface area contributed by atoms with Crippen molar-refractivity contribution in [3.63, 3.8) is 0 Å². The highest BCUT2D eigenvalue weighted by atomic mass is 19.1. The molecule has 0 atom stereocenters. The van der Waals surface area contributed by atoms with Gasteiger partial charge in [0.1, 0.15) is 5.82 Å². The van der Waals surface area contributed by atoms with Gasteiger partial charge in [0.2, 0.25) is 0 Å². The predicted octanol–water partition coefficient (Wildman–Crippen LogP) is 4.61. The number of hydrogen-bond acceptors (Lipinski definition) is 3. The summed E-state index contributed by atoms with van der Waals surface area (Å²) in [5.41, 5.74) is 0.336. The van der Waals surface area contributed by atoms with Crippen molar-refractivity contribution in [2.75, 3.05) is 6.61 Å². The molecule has 0 radical (unpaired) electrons. The highest BCUT2D eigenvalue weighted by molar-refractivity contribution is 5.95. The summed E-state index contributed by atoms with van der Waals surface area (Å²) >= 11 is 0. The van der Waals surface area contributed by atoms with Crippen molar-refractivity contribution < 1.29 is 23.1 Å². The summed E-state index contributed by atoms with van der Waals surface area (Å²) in [4.78, 5) is 22.7. The standard InChI is InChI=1S/C19H18F2O3/c1-3-5-12-6-7-13(15(10-22)18(12)20)14-8-9-17(24-4-2)19(21)16(14)11-23/h6-11H,3-5H2,1-2H3. The van der Waals surface area contributed by atoms with Gasteiger partial charge < -0.3 is 4.74 Å². The fraction of sp³-hybridized carbons (Fsp3) is 0.263. The summed E-state index contributed by atoms with van der Waals surface area (Å²) in [6, 6.07) is 5.93. The van der Waals surface area contributed by atoms with E-state index in [-0.39, 0.29) is 34.6 Å². The number of aldehydes is 2. The topological polar surface area (TPSA) is 43.4 Å². The molecular formula is C19H18F2O3. The lowest BCUT2D eigenvalue weighted by molar-refractivity contribution is 0.111. The van der Waals surface area contributed by atoms with Crippen LogP contribution in [0.25, 0.3) is 11.1 Å². The molecule has 3 nitrogen and oxygen atoms in total. The highest BCUT2D eigenvalue weighted by Crippen LogP contribution is 2.33. The molecule has 2 aromatic carbocycles. The Hall–Kier alpha value is -2.56. The van der Waals surface area contributed by atoms with E-state index in [9.17, 15) is 18.4 Å². The molecule has 2 rings (SSSR count). The number of ether oxygens (including phenoxy) is 1. The predicted molar refractivity (Wildman–Crippen MR) is 87.7 cm³/mol. The van der Waals surface area contributed by atoms with Gasteiger partial charge in [0.05, 0.1) is 17.7 Å². The summed E-state index contributed by atoms with van der Waals surface area (Å²) in [6.07, 6.45) is 1.96. The molecular weight excluding hydrogens is 314 g/mol. The molecule has 0 amide bonds. The third kappa shape index (κ3) is 3.20. The van der Waals surface area contributed by atoms with Gasteiger partial charge in [-0.2, -0.15) is 0 Å². The SMILES string of the molecule is CCCc1ccc(-c2ccc(OCC)c(F)c2C=O)c(C=O)c1F. The summed E-state index contributed by atoms with van der Waals surface area (Å²) in [5, 5.41) is 0. The Balaban J connectivity index is 2.68. The van der Waals surface area contributed by atoms with E-state index >= 15 is 0 Å². The Kier molecular flexibility index (Phi) is 5.79. The first-order valence-electron chi connectivity index (χ1n) is 7.76. The highest BCUT2D eigenvalue weighted by Gasteiger charge is 2.20. The van der Waals surface area contributed by atoms with Crippen molar-refractivity contribution in [1.29, 1.82) is 0 Å². The lowest BCUT2D eigenvalue weighted by Crippen LogP contribution is -2.03. The maximum atomic E-state index is 14.5. The van der Waals surface area contributed by atoms with Crippen LogP contribution in [-0.4, -0.2) is 19.2 Å². The molecule has 0 aliphatic rings. The summed E-state index contributed by atoms with van der Waals surface area (Å²) in [6.45, 7) is 3.84. The maximum Gasteiger partial charge on any atom is 0.176 e. The minimum absolute atomic E-state index is 0.0564. The fourth-order valence-electron chi connectivity index (χ4n) is 2.64. The maximum absolute atomic E-state index is 14.5. The quantitative estimate of drug-likeness (QED) is 0.696. The normalized spacial score (nSPS) is 10.5. The summed E-state index contributed by atoms with van der Waals surface area (Å²) < 4.78 is 34.0. The first kappa shape index (κ1) is 17.8. The molecule has 0 aliphatic heterocycles. The third-order valence-corrected chi connectivity index (χ3v) is 3.75. The van der Waals surface area contributed by atoms with Crippen LogP contribution < -0.4 is 4.74 Å². The van der Waals surface area contributed by atoms with Gasteiger partial charge in [-0.15, -0.1) is 0 Å². The number of carbonyl (C=O) groups is 2. The van der Waals surface area contributed by atoms with Gasteiger partial charge >= 0.3 is 0 Å². The van der Waals surface area contributed by atoms with Crippen LogP contribution in [0.15, 0.2) is 24.3 Å². The fourth-order valence-corrected chi connectivity index (χ4v) is 2.64. The first-order chi connectivity index (χ1) is 11.6. The second-order valence-corrected chi connectivity index (χ2v) is 5.26. The second-order valence-electron chi connectivity index (χ2n) is 5.26. The van der Waals surface area contributed by atoms with E-state index in [1.165, 1.54) is 12.1 Å². The molecule has 0 spiro atoms. The molecule has 0 aliphatic carbocycles. The average molecular weight is 332 g/mol. The van der Waals surface area contributed by atoms with Crippen molar-refractivity contribution in [3.05, 3.63) is 52.6 Å². The smallest absolute Gasteiger partial charge is 0.176 e. The Morgan fingerprint density at radius 1 is 0.917 bits per heavy atom. The number of aryl methyl sites for hydroxylation is 1. The number of carbonyl (C=O) groups excluding carboxylic acids is 2. The van der Waals surface area contributed by atoms with E-state index in [1.807, 2.05) is 6.92 Å². The lowest BCUT2D eigenvalue weighted by Gasteiger charge is -2.14. The van der Waals surface area contributed by atoms with Gasteiger partial charge in [-0.3, -0.25) is 9.59 Å². The summed E-state index contributed by atoms with van der Waals surface area (Å²) in [7, 11) is 0. The minimum Gasteiger partial charge on any atom is -0.491 e. The van der Waals surface area contributed by atoms with Gasteiger partial charge in [-0.25, -0.2) is 8.78 Å². The largest absolute Gasteiger partial charge is 0.491 e. The Morgan fingerprint density at radius 2 is 1.50 bits per heavy atom. The molecule has 0 aromatic heterocycles. The zero-order valence-electron chi connectivity index (χ0n) is 13.6. The van der Waals surface area contributed by atoms with E-state index in [4.69, 9.17) is 4.74 Å². The van der Waals surface area contributed by atoms with Crippen molar-refractivity contribution in [2.45, 2.75) is 26.7 Å². The van der Waals surface area contributed by atoms with E-state index in [0.29, 0.717) is 24.6 Å². The molecule has 126 valence electrons. The monoisotopic (exact) mass is 332 g/mol. The van der Waals surface area contributed by atoms with E-state index in [0.717, 1.165) is 6.42 Å². The Labute approximate surface area is 139 Å². The molecule has 0 N–H and O–H groups in total. The van der Waals surface area contributed by atoms with Gasteiger partial charge in [0.15, 0.2) is 24.1 Å². The Bertz CT molecular complexity index is 704. The van der Waals surface area contributed by atoms with Crippen LogP contribution in [-0.2, 0) is 6.42 Å². The second kappa shape index (κ2) is 7.81. The molecule has 24 heavy (non-hydrogen) atoms. The number of halogens is 2. The van der Waals surface area contributed by atoms with Gasteiger partial charge in [0.25, 0.3) is 0 Å². The third-order valence-electron chi connectivity index (χ3n) is 3.75. The van der Waals surface area contributed by atoms with Gasteiger partial charge in [0, 0.05) is 0 Å². The van der Waals surface area contributed by atoms with E-state index in [1.54, 1.807) is 19.1 Å². The number of benzene rings is 2. The van der Waals surface area contributed by atoms with Crippen molar-refractivity contribution in [3.8, 4) is 16.9 Å². The van der Waals surface area contributed by atoms with Crippen LogP contribution in [0.1, 0.15) is 46.5 Å². The van der Waals surface area contributed by atoms with Crippen LogP contribution in [0.5, 0.6) is 5.75 Å².